The van der Waals surface area contributed by atoms with Crippen molar-refractivity contribution in [3.63, 3.8) is 0 Å². The number of nitrogens with zero attached hydrogens (tertiary/aromatic N) is 5. The maximum absolute atomic E-state index is 13.0. The standard InChI is InChI=1S/C23H20BrClN6O2/c1-29-20-19(21(32)30(2)23(29)33)31(14-16-10-6-7-11-18(16)25)22(27-20)28-26-13-17(24)12-15-8-4-3-5-9-15/h3-13H,14H2,1-2H3,(H,27,28)/b17-12+,26-13+. The Morgan fingerprint density at radius 2 is 1.79 bits per heavy atom. The highest BCUT2D eigenvalue weighted by Gasteiger charge is 2.19. The van der Waals surface area contributed by atoms with E-state index in [0.29, 0.717) is 11.0 Å². The SMILES string of the molecule is Cn1c(=O)c2c(nc(N/N=C/C(Br)=C\c3ccccc3)n2Cc2ccccc2Cl)n(C)c1=O. The molecule has 0 fully saturated rings. The van der Waals surface area contributed by atoms with Gasteiger partial charge in [-0.2, -0.15) is 10.1 Å². The molecule has 0 aliphatic carbocycles. The van der Waals surface area contributed by atoms with Crippen molar-refractivity contribution >= 4 is 56.9 Å². The van der Waals surface area contributed by atoms with Crippen molar-refractivity contribution in [1.29, 1.82) is 0 Å². The van der Waals surface area contributed by atoms with Crippen molar-refractivity contribution < 1.29 is 0 Å². The highest BCUT2D eigenvalue weighted by molar-refractivity contribution is 9.12. The first-order valence-electron chi connectivity index (χ1n) is 9.98. The molecule has 0 unspecified atom stereocenters. The Morgan fingerprint density at radius 3 is 2.52 bits per heavy atom. The van der Waals surface area contributed by atoms with E-state index in [0.717, 1.165) is 20.2 Å². The third-order valence-electron chi connectivity index (χ3n) is 5.09. The fourth-order valence-electron chi connectivity index (χ4n) is 3.38. The molecule has 0 spiro atoms. The zero-order valence-corrected chi connectivity index (χ0v) is 20.2. The second kappa shape index (κ2) is 9.60. The Balaban J connectivity index is 1.77. The first-order chi connectivity index (χ1) is 15.9. The molecule has 0 atom stereocenters. The highest BCUT2D eigenvalue weighted by Crippen LogP contribution is 2.22. The number of hydrogen-bond acceptors (Lipinski definition) is 5. The third kappa shape index (κ3) is 4.69. The van der Waals surface area contributed by atoms with Gasteiger partial charge in [0.2, 0.25) is 5.95 Å². The predicted molar refractivity (Wildman–Crippen MR) is 136 cm³/mol. The van der Waals surface area contributed by atoms with Crippen LogP contribution in [0.15, 0.2) is 73.8 Å². The summed E-state index contributed by atoms with van der Waals surface area (Å²) in [5, 5.41) is 4.82. The number of halogens is 2. The largest absolute Gasteiger partial charge is 0.332 e. The van der Waals surface area contributed by atoms with Crippen LogP contribution in [-0.4, -0.2) is 24.9 Å². The Kier molecular flexibility index (Phi) is 6.62. The number of nitrogens with one attached hydrogen (secondary N) is 1. The minimum absolute atomic E-state index is 0.256. The first kappa shape index (κ1) is 22.8. The van der Waals surface area contributed by atoms with Gasteiger partial charge in [0.25, 0.3) is 5.56 Å². The summed E-state index contributed by atoms with van der Waals surface area (Å²) in [5.74, 6) is 0.305. The molecule has 0 bridgehead atoms. The molecule has 1 N–H and O–H groups in total. The van der Waals surface area contributed by atoms with E-state index in [1.807, 2.05) is 54.6 Å². The normalized spacial score (nSPS) is 12.1. The minimum atomic E-state index is -0.460. The molecule has 0 aliphatic rings. The Bertz CT molecular complexity index is 1500. The number of allylic oxidation sites excluding steroid dienone is 1. The van der Waals surface area contributed by atoms with Crippen molar-refractivity contribution in [1.82, 2.24) is 18.7 Å². The molecule has 8 nitrogen and oxygen atoms in total. The molecule has 0 aliphatic heterocycles. The fraction of sp³-hybridized carbons (Fsp3) is 0.130. The lowest BCUT2D eigenvalue weighted by molar-refractivity contribution is 0.702. The lowest BCUT2D eigenvalue weighted by Crippen LogP contribution is -2.37. The van der Waals surface area contributed by atoms with Crippen LogP contribution in [0.3, 0.4) is 0 Å². The van der Waals surface area contributed by atoms with E-state index >= 15 is 0 Å². The van der Waals surface area contributed by atoms with Gasteiger partial charge in [0.15, 0.2) is 11.2 Å². The second-order valence-electron chi connectivity index (χ2n) is 7.30. The van der Waals surface area contributed by atoms with E-state index in [1.165, 1.54) is 11.6 Å². The Hall–Kier alpha value is -3.43. The zero-order valence-electron chi connectivity index (χ0n) is 17.9. The lowest BCUT2D eigenvalue weighted by atomic mass is 10.2. The summed E-state index contributed by atoms with van der Waals surface area (Å²) in [6.07, 6.45) is 3.50. The summed E-state index contributed by atoms with van der Waals surface area (Å²) >= 11 is 9.83. The Morgan fingerprint density at radius 1 is 1.09 bits per heavy atom. The molecule has 10 heteroatoms. The number of aryl methyl sites for hydroxylation is 1. The molecule has 0 radical (unpaired) electrons. The topological polar surface area (TPSA) is 86.2 Å². The number of rotatable bonds is 6. The van der Waals surface area contributed by atoms with Crippen LogP contribution in [0.1, 0.15) is 11.1 Å². The Labute approximate surface area is 202 Å². The van der Waals surface area contributed by atoms with Crippen LogP contribution < -0.4 is 16.7 Å². The van der Waals surface area contributed by atoms with Crippen LogP contribution in [0.2, 0.25) is 5.02 Å². The van der Waals surface area contributed by atoms with Crippen LogP contribution in [-0.2, 0) is 20.6 Å². The summed E-state index contributed by atoms with van der Waals surface area (Å²) in [5.41, 5.74) is 4.33. The predicted octanol–water partition coefficient (Wildman–Crippen LogP) is 3.97. The lowest BCUT2D eigenvalue weighted by Gasteiger charge is -2.10. The van der Waals surface area contributed by atoms with E-state index in [-0.39, 0.29) is 17.7 Å². The van der Waals surface area contributed by atoms with E-state index in [9.17, 15) is 9.59 Å². The van der Waals surface area contributed by atoms with E-state index < -0.39 is 11.2 Å². The van der Waals surface area contributed by atoms with Crippen molar-refractivity contribution in [2.45, 2.75) is 6.54 Å². The van der Waals surface area contributed by atoms with Gasteiger partial charge in [0.05, 0.1) is 12.8 Å². The molecular weight excluding hydrogens is 508 g/mol. The van der Waals surface area contributed by atoms with Gasteiger partial charge in [0, 0.05) is 23.6 Å². The van der Waals surface area contributed by atoms with Gasteiger partial charge in [-0.1, -0.05) is 60.1 Å². The fourth-order valence-corrected chi connectivity index (χ4v) is 3.94. The minimum Gasteiger partial charge on any atom is -0.298 e. The molecule has 2 aromatic heterocycles. The van der Waals surface area contributed by atoms with Gasteiger partial charge in [0.1, 0.15) is 0 Å². The number of anilines is 1. The molecule has 2 aromatic carbocycles. The molecular formula is C23H20BrClN6O2. The smallest absolute Gasteiger partial charge is 0.298 e. The molecule has 33 heavy (non-hydrogen) atoms. The van der Waals surface area contributed by atoms with Crippen molar-refractivity contribution in [2.75, 3.05) is 5.43 Å². The number of aromatic nitrogens is 4. The quantitative estimate of drug-likeness (QED) is 0.304. The van der Waals surface area contributed by atoms with Crippen molar-refractivity contribution in [2.24, 2.45) is 19.2 Å². The van der Waals surface area contributed by atoms with E-state index in [1.54, 1.807) is 23.9 Å². The average Bonchev–Trinajstić information content (AvgIpc) is 3.16. The summed E-state index contributed by atoms with van der Waals surface area (Å²) in [6, 6.07) is 17.1. The summed E-state index contributed by atoms with van der Waals surface area (Å²) < 4.78 is 4.79. The third-order valence-corrected chi connectivity index (χ3v) is 5.89. The number of hydrogen-bond donors (Lipinski definition) is 1. The van der Waals surface area contributed by atoms with E-state index in [2.05, 4.69) is 31.4 Å². The molecule has 0 saturated heterocycles. The number of benzene rings is 2. The molecule has 4 aromatic rings. The van der Waals surface area contributed by atoms with Crippen LogP contribution in [0.4, 0.5) is 5.95 Å². The summed E-state index contributed by atoms with van der Waals surface area (Å²) in [7, 11) is 3.01. The summed E-state index contributed by atoms with van der Waals surface area (Å²) in [6.45, 7) is 0.266. The van der Waals surface area contributed by atoms with Crippen molar-refractivity contribution in [3.8, 4) is 0 Å². The second-order valence-corrected chi connectivity index (χ2v) is 8.62. The maximum Gasteiger partial charge on any atom is 0.332 e. The van der Waals surface area contributed by atoms with Crippen LogP contribution in [0.5, 0.6) is 0 Å². The highest BCUT2D eigenvalue weighted by atomic mass is 79.9. The number of imidazole rings is 1. The van der Waals surface area contributed by atoms with Gasteiger partial charge in [-0.05, 0) is 39.2 Å². The van der Waals surface area contributed by atoms with Gasteiger partial charge in [-0.15, -0.1) is 0 Å². The van der Waals surface area contributed by atoms with Gasteiger partial charge < -0.3 is 0 Å². The monoisotopic (exact) mass is 526 g/mol. The molecule has 2 heterocycles. The van der Waals surface area contributed by atoms with Crippen LogP contribution in [0, 0.1) is 0 Å². The molecule has 4 rings (SSSR count). The van der Waals surface area contributed by atoms with Crippen LogP contribution >= 0.6 is 27.5 Å². The molecule has 168 valence electrons. The van der Waals surface area contributed by atoms with Gasteiger partial charge >= 0.3 is 5.69 Å². The van der Waals surface area contributed by atoms with Gasteiger partial charge in [-0.3, -0.25) is 18.5 Å². The van der Waals surface area contributed by atoms with Crippen molar-refractivity contribution in [3.05, 3.63) is 96.1 Å². The van der Waals surface area contributed by atoms with Crippen LogP contribution in [0.25, 0.3) is 17.2 Å². The molecule has 0 amide bonds. The van der Waals surface area contributed by atoms with Gasteiger partial charge in [-0.25, -0.2) is 10.2 Å². The molecule has 0 saturated carbocycles. The van der Waals surface area contributed by atoms with E-state index in [4.69, 9.17) is 11.6 Å². The number of hydrazone groups is 1. The summed E-state index contributed by atoms with van der Waals surface area (Å²) in [4.78, 5) is 29.9. The maximum atomic E-state index is 13.0. The first-order valence-corrected chi connectivity index (χ1v) is 11.1. The average molecular weight is 528 g/mol. The number of fused-ring (bicyclic) bond motifs is 1. The zero-order chi connectivity index (χ0) is 23.5.